The van der Waals surface area contributed by atoms with Crippen molar-refractivity contribution < 1.29 is 28.8 Å². The highest BCUT2D eigenvalue weighted by Crippen LogP contribution is 2.75. The van der Waals surface area contributed by atoms with Gasteiger partial charge < -0.3 is 26.2 Å². The molecule has 0 aromatic heterocycles. The first-order chi connectivity index (χ1) is 19.1. The molecule has 5 amide bonds. The molecule has 5 fully saturated rings. The third-order valence-corrected chi connectivity index (χ3v) is 9.67. The zero-order chi connectivity index (χ0) is 28.6. The van der Waals surface area contributed by atoms with Gasteiger partial charge in [0.05, 0.1) is 11.5 Å². The molecule has 4 N–H and O–H groups in total. The van der Waals surface area contributed by atoms with E-state index >= 15 is 0 Å². The van der Waals surface area contributed by atoms with Crippen molar-refractivity contribution in [2.24, 2.45) is 23.2 Å². The van der Waals surface area contributed by atoms with E-state index in [9.17, 15) is 28.8 Å². The summed E-state index contributed by atoms with van der Waals surface area (Å²) in [4.78, 5) is 80.0. The Balaban J connectivity index is 1.25. The average Bonchev–Trinajstić information content (AvgIpc) is 3.67. The fourth-order valence-corrected chi connectivity index (χ4v) is 6.67. The lowest BCUT2D eigenvalue weighted by Crippen LogP contribution is -2.58. The first-order valence-electron chi connectivity index (χ1n) is 15.1. The number of fused-ring (bicyclic) bond motifs is 1. The number of hydrogen-bond acceptors (Lipinski definition) is 6. The summed E-state index contributed by atoms with van der Waals surface area (Å²) in [6, 6.07) is -2.78. The molecule has 0 spiro atoms. The minimum atomic E-state index is -1.16. The number of nitrogens with one attached hydrogen (secondary N) is 4. The Morgan fingerprint density at radius 1 is 0.975 bits per heavy atom. The molecule has 0 aromatic rings. The Hall–Kier alpha value is -2.98. The molecule has 220 valence electrons. The van der Waals surface area contributed by atoms with Crippen molar-refractivity contribution in [1.29, 1.82) is 0 Å². The maximum atomic E-state index is 13.6. The van der Waals surface area contributed by atoms with Gasteiger partial charge in [-0.1, -0.05) is 33.1 Å². The van der Waals surface area contributed by atoms with E-state index in [1.807, 2.05) is 13.8 Å². The van der Waals surface area contributed by atoms with Crippen LogP contribution in [0.15, 0.2) is 0 Å². The van der Waals surface area contributed by atoms with Crippen LogP contribution in [-0.4, -0.2) is 77.5 Å². The van der Waals surface area contributed by atoms with E-state index in [-0.39, 0.29) is 41.5 Å². The van der Waals surface area contributed by atoms with Gasteiger partial charge in [0.1, 0.15) is 12.1 Å². The highest BCUT2D eigenvalue weighted by molar-refractivity contribution is 6.38. The number of rotatable bonds is 11. The number of amides is 5. The molecular weight excluding hydrogens is 514 g/mol. The summed E-state index contributed by atoms with van der Waals surface area (Å²) < 4.78 is 0. The third-order valence-electron chi connectivity index (χ3n) is 9.67. The van der Waals surface area contributed by atoms with Crippen LogP contribution in [0, 0.1) is 23.2 Å². The Kier molecular flexibility index (Phi) is 8.20. The highest BCUT2D eigenvalue weighted by atomic mass is 16.2. The van der Waals surface area contributed by atoms with Gasteiger partial charge in [0.2, 0.25) is 29.4 Å². The van der Waals surface area contributed by atoms with Crippen LogP contribution in [0.25, 0.3) is 0 Å². The Labute approximate surface area is 235 Å². The molecule has 11 nitrogen and oxygen atoms in total. The molecule has 2 heterocycles. The van der Waals surface area contributed by atoms with Crippen molar-refractivity contribution >= 4 is 35.3 Å². The van der Waals surface area contributed by atoms with Crippen LogP contribution in [0.3, 0.4) is 0 Å². The van der Waals surface area contributed by atoms with Gasteiger partial charge in [-0.25, -0.2) is 0 Å². The predicted octanol–water partition coefficient (Wildman–Crippen LogP) is 0.557. The van der Waals surface area contributed by atoms with Gasteiger partial charge in [-0.3, -0.25) is 28.8 Å². The molecule has 0 bridgehead atoms. The van der Waals surface area contributed by atoms with Crippen LogP contribution in [0.5, 0.6) is 0 Å². The van der Waals surface area contributed by atoms with Crippen LogP contribution in [0.2, 0.25) is 0 Å². The van der Waals surface area contributed by atoms with Crippen molar-refractivity contribution in [3.05, 3.63) is 0 Å². The number of ketones is 1. The van der Waals surface area contributed by atoms with Crippen molar-refractivity contribution in [3.63, 3.8) is 0 Å². The molecule has 2 aliphatic heterocycles. The predicted molar refractivity (Wildman–Crippen MR) is 144 cm³/mol. The molecule has 5 aliphatic rings. The molecule has 0 aromatic carbocycles. The van der Waals surface area contributed by atoms with Crippen molar-refractivity contribution in [1.82, 2.24) is 26.2 Å². The molecule has 5 rings (SSSR count). The summed E-state index contributed by atoms with van der Waals surface area (Å²) in [5.74, 6) is -2.77. The van der Waals surface area contributed by atoms with Crippen molar-refractivity contribution in [2.75, 3.05) is 13.1 Å². The van der Waals surface area contributed by atoms with Gasteiger partial charge in [0.15, 0.2) is 0 Å². The van der Waals surface area contributed by atoms with Crippen molar-refractivity contribution in [2.45, 2.75) is 109 Å². The number of carbonyl (C=O) groups is 6. The van der Waals surface area contributed by atoms with Crippen LogP contribution in [0.4, 0.5) is 0 Å². The van der Waals surface area contributed by atoms with E-state index in [0.717, 1.165) is 44.9 Å². The van der Waals surface area contributed by atoms with E-state index < -0.39 is 41.6 Å². The number of nitrogens with zero attached hydrogens (tertiary/aromatic N) is 1. The van der Waals surface area contributed by atoms with E-state index in [4.69, 9.17) is 0 Å². The SMILES string of the molecule is CC(C)C(NC(=O)C12CC1C2)C(=O)N1CCC[C@H]1C(=O)N[C@@H](C[C@@H]1CCNC1=O)C(=O)C(=O)NC1CCCCC1. The summed E-state index contributed by atoms with van der Waals surface area (Å²) in [6.45, 7) is 4.60. The molecule has 0 radical (unpaired) electrons. The smallest absolute Gasteiger partial charge is 0.289 e. The largest absolute Gasteiger partial charge is 0.356 e. The van der Waals surface area contributed by atoms with Gasteiger partial charge in [-0.15, -0.1) is 0 Å². The van der Waals surface area contributed by atoms with Gasteiger partial charge in [0, 0.05) is 25.0 Å². The lowest BCUT2D eigenvalue weighted by Gasteiger charge is -2.31. The number of Topliss-reactive ketones (excluding diaryl/α,β-unsaturated/α-hetero) is 1. The first kappa shape index (κ1) is 28.5. The molecule has 1 unspecified atom stereocenters. The fraction of sp³-hybridized carbons (Fsp3) is 0.793. The highest BCUT2D eigenvalue weighted by Gasteiger charge is 2.74. The summed E-state index contributed by atoms with van der Waals surface area (Å²) in [6.07, 6.45) is 8.07. The molecule has 2 saturated heterocycles. The lowest BCUT2D eigenvalue weighted by atomic mass is 9.93. The standard InChI is InChI=1S/C29H43N5O6/c1-16(2)22(33-28(40)29-14-18(29)15-29)27(39)34-12-6-9-21(34)25(37)32-20(13-17-10-11-30-24(17)36)23(35)26(38)31-19-7-4-3-5-8-19/h16-22H,3-15H2,1-2H3,(H,30,36)(H,31,38)(H,32,37)(H,33,40)/t17-,18?,20-,21-,22?,29?/m0/s1. The maximum Gasteiger partial charge on any atom is 0.289 e. The summed E-state index contributed by atoms with van der Waals surface area (Å²) >= 11 is 0. The van der Waals surface area contributed by atoms with Crippen LogP contribution < -0.4 is 21.3 Å². The average molecular weight is 558 g/mol. The van der Waals surface area contributed by atoms with Crippen LogP contribution in [0.1, 0.15) is 84.5 Å². The molecule has 3 saturated carbocycles. The zero-order valence-corrected chi connectivity index (χ0v) is 23.6. The summed E-state index contributed by atoms with van der Waals surface area (Å²) in [5.41, 5.74) is -0.270. The summed E-state index contributed by atoms with van der Waals surface area (Å²) in [5, 5.41) is 11.3. The van der Waals surface area contributed by atoms with Gasteiger partial charge in [0.25, 0.3) is 5.91 Å². The molecule has 40 heavy (non-hydrogen) atoms. The minimum Gasteiger partial charge on any atom is -0.356 e. The first-order valence-corrected chi connectivity index (χ1v) is 15.1. The third kappa shape index (κ3) is 5.88. The number of carbonyl (C=O) groups excluding carboxylic acids is 6. The van der Waals surface area contributed by atoms with E-state index in [1.165, 1.54) is 4.90 Å². The van der Waals surface area contributed by atoms with Crippen LogP contribution >= 0.6 is 0 Å². The second-order valence-corrected chi connectivity index (χ2v) is 12.9. The van der Waals surface area contributed by atoms with E-state index in [2.05, 4.69) is 21.3 Å². The normalized spacial score (nSPS) is 30.6. The second kappa shape index (κ2) is 11.5. The fourth-order valence-electron chi connectivity index (χ4n) is 6.67. The molecule has 3 aliphatic carbocycles. The maximum absolute atomic E-state index is 13.6. The second-order valence-electron chi connectivity index (χ2n) is 12.9. The molecular formula is C29H43N5O6. The van der Waals surface area contributed by atoms with Crippen LogP contribution in [-0.2, 0) is 28.8 Å². The van der Waals surface area contributed by atoms with Gasteiger partial charge in [-0.2, -0.15) is 0 Å². The molecule has 4 atom stereocenters. The van der Waals surface area contributed by atoms with Gasteiger partial charge >= 0.3 is 0 Å². The van der Waals surface area contributed by atoms with Crippen molar-refractivity contribution in [3.8, 4) is 0 Å². The number of hydrogen-bond donors (Lipinski definition) is 4. The quantitative estimate of drug-likeness (QED) is 0.272. The Morgan fingerprint density at radius 3 is 2.27 bits per heavy atom. The minimum absolute atomic E-state index is 0.0308. The zero-order valence-electron chi connectivity index (χ0n) is 23.6. The van der Waals surface area contributed by atoms with E-state index in [1.54, 1.807) is 0 Å². The monoisotopic (exact) mass is 557 g/mol. The summed E-state index contributed by atoms with van der Waals surface area (Å²) in [7, 11) is 0. The molecule has 11 heteroatoms. The van der Waals surface area contributed by atoms with E-state index in [0.29, 0.717) is 38.3 Å². The lowest BCUT2D eigenvalue weighted by molar-refractivity contribution is -0.144. The Morgan fingerprint density at radius 2 is 1.68 bits per heavy atom. The Bertz CT molecular complexity index is 1060. The van der Waals surface area contributed by atoms with Gasteiger partial charge in [-0.05, 0) is 63.2 Å². The topological polar surface area (TPSA) is 154 Å². The number of likely N-dealkylation sites (tertiary alicyclic amines) is 1.